The summed E-state index contributed by atoms with van der Waals surface area (Å²) in [6.45, 7) is 1.36. The minimum absolute atomic E-state index is 0.232. The Morgan fingerprint density at radius 2 is 2.21 bits per heavy atom. The van der Waals surface area contributed by atoms with Gasteiger partial charge in [0.2, 0.25) is 0 Å². The van der Waals surface area contributed by atoms with Gasteiger partial charge in [0.05, 0.1) is 11.6 Å². The number of hydrogen-bond donors (Lipinski definition) is 0. The monoisotopic (exact) mass is 251 g/mol. The van der Waals surface area contributed by atoms with E-state index in [1.807, 2.05) is 6.07 Å². The molecule has 70 valence electrons. The van der Waals surface area contributed by atoms with Crippen LogP contribution in [0.4, 0.5) is 0 Å². The van der Waals surface area contributed by atoms with Crippen LogP contribution in [0.25, 0.3) is 0 Å². The molecule has 0 atom stereocenters. The molecule has 0 fully saturated rings. The molecule has 0 unspecified atom stereocenters. The molecule has 0 amide bonds. The van der Waals surface area contributed by atoms with Crippen molar-refractivity contribution >= 4 is 28.0 Å². The summed E-state index contributed by atoms with van der Waals surface area (Å²) in [4.78, 5) is 21.8. The van der Waals surface area contributed by atoms with Gasteiger partial charge in [-0.1, -0.05) is 0 Å². The summed E-state index contributed by atoms with van der Waals surface area (Å²) in [5.41, 5.74) is 0.912. The van der Waals surface area contributed by atoms with E-state index in [1.165, 1.54) is 19.1 Å². The molecular weight excluding hydrogens is 246 g/mol. The Morgan fingerprint density at radius 3 is 2.64 bits per heavy atom. The van der Waals surface area contributed by atoms with Crippen molar-refractivity contribution in [1.82, 2.24) is 0 Å². The molecule has 0 aliphatic carbocycles. The molecule has 4 heteroatoms. The molecule has 0 spiro atoms. The second kappa shape index (κ2) is 4.16. The van der Waals surface area contributed by atoms with Crippen molar-refractivity contribution in [1.29, 1.82) is 5.26 Å². The molecule has 0 aromatic heterocycles. The Morgan fingerprint density at radius 1 is 1.57 bits per heavy atom. The van der Waals surface area contributed by atoms with Gasteiger partial charge in [-0.15, -0.1) is 0 Å². The van der Waals surface area contributed by atoms with Gasteiger partial charge in [0, 0.05) is 15.6 Å². The van der Waals surface area contributed by atoms with Crippen molar-refractivity contribution in [3.05, 3.63) is 33.3 Å². The van der Waals surface area contributed by atoms with Gasteiger partial charge in [-0.3, -0.25) is 9.59 Å². The maximum absolute atomic E-state index is 11.2. The van der Waals surface area contributed by atoms with Crippen molar-refractivity contribution in [3.8, 4) is 6.07 Å². The molecule has 0 aliphatic rings. The number of rotatable bonds is 2. The first-order valence-corrected chi connectivity index (χ1v) is 4.59. The third-order valence-electron chi connectivity index (χ3n) is 1.76. The third kappa shape index (κ3) is 1.88. The second-order valence-corrected chi connectivity index (χ2v) is 3.56. The topological polar surface area (TPSA) is 57.9 Å². The third-order valence-corrected chi connectivity index (χ3v) is 2.41. The van der Waals surface area contributed by atoms with E-state index in [9.17, 15) is 9.59 Å². The Balaban J connectivity index is 3.53. The zero-order valence-corrected chi connectivity index (χ0v) is 8.96. The molecule has 0 saturated carbocycles. The van der Waals surface area contributed by atoms with E-state index in [4.69, 9.17) is 5.26 Å². The number of hydrogen-bond acceptors (Lipinski definition) is 3. The fraction of sp³-hybridized carbons (Fsp3) is 0.100. The van der Waals surface area contributed by atoms with Crippen molar-refractivity contribution in [2.45, 2.75) is 6.92 Å². The highest BCUT2D eigenvalue weighted by molar-refractivity contribution is 9.10. The second-order valence-electron chi connectivity index (χ2n) is 2.71. The summed E-state index contributed by atoms with van der Waals surface area (Å²) in [7, 11) is 0. The lowest BCUT2D eigenvalue weighted by atomic mass is 10.0. The minimum Gasteiger partial charge on any atom is -0.298 e. The number of nitriles is 1. The number of ketones is 1. The highest BCUT2D eigenvalue weighted by Gasteiger charge is 2.11. The van der Waals surface area contributed by atoms with E-state index in [1.54, 1.807) is 0 Å². The highest BCUT2D eigenvalue weighted by Crippen LogP contribution is 2.21. The van der Waals surface area contributed by atoms with Gasteiger partial charge in [-0.05, 0) is 35.0 Å². The van der Waals surface area contributed by atoms with Gasteiger partial charge >= 0.3 is 0 Å². The van der Waals surface area contributed by atoms with Gasteiger partial charge < -0.3 is 0 Å². The average Bonchev–Trinajstić information content (AvgIpc) is 2.16. The smallest absolute Gasteiger partial charge is 0.160 e. The zero-order valence-electron chi connectivity index (χ0n) is 7.37. The normalized spacial score (nSPS) is 9.21. The predicted molar refractivity (Wildman–Crippen MR) is 54.2 cm³/mol. The van der Waals surface area contributed by atoms with Crippen LogP contribution in [0.3, 0.4) is 0 Å². The van der Waals surface area contributed by atoms with E-state index >= 15 is 0 Å². The van der Waals surface area contributed by atoms with Gasteiger partial charge in [0.25, 0.3) is 0 Å². The molecule has 1 aromatic rings. The van der Waals surface area contributed by atoms with Crippen LogP contribution in [0.15, 0.2) is 16.6 Å². The lowest BCUT2D eigenvalue weighted by Gasteiger charge is -2.03. The Labute approximate surface area is 89.5 Å². The first kappa shape index (κ1) is 10.6. The van der Waals surface area contributed by atoms with Crippen molar-refractivity contribution in [3.63, 3.8) is 0 Å². The van der Waals surface area contributed by atoms with Gasteiger partial charge in [0.15, 0.2) is 12.1 Å². The number of halogens is 1. The van der Waals surface area contributed by atoms with Crippen LogP contribution in [0.1, 0.15) is 33.2 Å². The maximum atomic E-state index is 11.2. The molecule has 3 nitrogen and oxygen atoms in total. The van der Waals surface area contributed by atoms with Crippen LogP contribution in [0.5, 0.6) is 0 Å². The Kier molecular flexibility index (Phi) is 3.15. The van der Waals surface area contributed by atoms with E-state index in [-0.39, 0.29) is 16.9 Å². The molecule has 1 rings (SSSR count). The molecular formula is C10H6BrNO2. The van der Waals surface area contributed by atoms with Crippen LogP contribution >= 0.6 is 15.9 Å². The molecule has 0 radical (unpaired) electrons. The number of carbonyl (C=O) groups is 2. The maximum Gasteiger partial charge on any atom is 0.160 e. The van der Waals surface area contributed by atoms with Crippen LogP contribution < -0.4 is 0 Å². The van der Waals surface area contributed by atoms with Crippen molar-refractivity contribution in [2.75, 3.05) is 0 Å². The Hall–Kier alpha value is -1.47. The molecule has 0 saturated heterocycles. The fourth-order valence-electron chi connectivity index (χ4n) is 1.09. The largest absolute Gasteiger partial charge is 0.298 e. The molecule has 14 heavy (non-hydrogen) atoms. The quantitative estimate of drug-likeness (QED) is 0.599. The summed E-state index contributed by atoms with van der Waals surface area (Å²) in [5, 5.41) is 8.66. The van der Waals surface area contributed by atoms with E-state index in [2.05, 4.69) is 15.9 Å². The summed E-state index contributed by atoms with van der Waals surface area (Å²) in [5.74, 6) is -0.232. The number of Topliss-reactive ketones (excluding diaryl/α,β-unsaturated/α-hetero) is 1. The van der Waals surface area contributed by atoms with Gasteiger partial charge in [0.1, 0.15) is 0 Å². The lowest BCUT2D eigenvalue weighted by molar-refractivity contribution is 0.100. The van der Waals surface area contributed by atoms with Gasteiger partial charge in [-0.2, -0.15) is 5.26 Å². The van der Waals surface area contributed by atoms with E-state index in [0.29, 0.717) is 16.3 Å². The van der Waals surface area contributed by atoms with Crippen LogP contribution in [-0.4, -0.2) is 12.1 Å². The fourth-order valence-corrected chi connectivity index (χ4v) is 1.65. The van der Waals surface area contributed by atoms with Crippen LogP contribution in [0, 0.1) is 11.3 Å². The lowest BCUT2D eigenvalue weighted by Crippen LogP contribution is -2.00. The molecule has 0 bridgehead atoms. The van der Waals surface area contributed by atoms with Crippen LogP contribution in [0.2, 0.25) is 0 Å². The number of aldehydes is 1. The summed E-state index contributed by atoms with van der Waals surface area (Å²) in [6, 6.07) is 4.84. The van der Waals surface area contributed by atoms with Crippen molar-refractivity contribution < 1.29 is 9.59 Å². The number of nitrogens with zero attached hydrogens (tertiary/aromatic N) is 1. The summed E-state index contributed by atoms with van der Waals surface area (Å²) < 4.78 is 0.469. The summed E-state index contributed by atoms with van der Waals surface area (Å²) >= 11 is 3.13. The van der Waals surface area contributed by atoms with E-state index in [0.717, 1.165) is 0 Å². The zero-order chi connectivity index (χ0) is 10.7. The molecule has 0 heterocycles. The number of benzene rings is 1. The molecule has 0 N–H and O–H groups in total. The van der Waals surface area contributed by atoms with Crippen molar-refractivity contribution in [2.24, 2.45) is 0 Å². The SMILES string of the molecule is CC(=O)c1cc(C#N)cc(Br)c1C=O. The average molecular weight is 252 g/mol. The van der Waals surface area contributed by atoms with E-state index < -0.39 is 0 Å². The molecule has 1 aromatic carbocycles. The molecule has 0 aliphatic heterocycles. The number of carbonyl (C=O) groups excluding carboxylic acids is 2. The summed E-state index contributed by atoms with van der Waals surface area (Å²) in [6.07, 6.45) is 0.599. The first-order chi connectivity index (χ1) is 6.60. The Bertz CT molecular complexity index is 446. The van der Waals surface area contributed by atoms with Crippen LogP contribution in [-0.2, 0) is 0 Å². The highest BCUT2D eigenvalue weighted by atomic mass is 79.9. The predicted octanol–water partition coefficient (Wildman–Crippen LogP) is 2.34. The first-order valence-electron chi connectivity index (χ1n) is 3.80. The minimum atomic E-state index is -0.232. The van der Waals surface area contributed by atoms with Gasteiger partial charge in [-0.25, -0.2) is 0 Å². The standard InChI is InChI=1S/C10H6BrNO2/c1-6(14)8-2-7(4-12)3-10(11)9(8)5-13/h2-3,5H,1H3.